The van der Waals surface area contributed by atoms with E-state index in [4.69, 9.17) is 4.74 Å². The molecule has 1 amide bonds. The fraction of sp³-hybridized carbons (Fsp3) is 0.588. The third-order valence-corrected chi connectivity index (χ3v) is 4.10. The number of ether oxygens (including phenoxy) is 2. The number of nitrogens with zero attached hydrogens (tertiary/aromatic N) is 1. The Bertz CT molecular complexity index is 534. The minimum absolute atomic E-state index is 0.113. The minimum Gasteiger partial charge on any atom is -0.434 e. The van der Waals surface area contributed by atoms with E-state index in [0.717, 1.165) is 13.1 Å². The number of amides is 1. The van der Waals surface area contributed by atoms with Crippen molar-refractivity contribution in [3.8, 4) is 5.75 Å². The number of carbonyl (C=O) groups is 1. The number of halogens is 2. The first-order chi connectivity index (χ1) is 11.5. The second-order valence-corrected chi connectivity index (χ2v) is 6.04. The summed E-state index contributed by atoms with van der Waals surface area (Å²) in [5.74, 6) is -0.182. The molecule has 0 bridgehead atoms. The number of alkyl halides is 2. The van der Waals surface area contributed by atoms with E-state index in [-0.39, 0.29) is 17.4 Å². The first-order valence-corrected chi connectivity index (χ1v) is 8.13. The molecule has 1 aromatic rings. The Morgan fingerprint density at radius 2 is 1.96 bits per heavy atom. The summed E-state index contributed by atoms with van der Waals surface area (Å²) >= 11 is 0. The lowest BCUT2D eigenvalue weighted by Gasteiger charge is -2.36. The van der Waals surface area contributed by atoms with Gasteiger partial charge in [0, 0.05) is 25.7 Å². The van der Waals surface area contributed by atoms with Crippen LogP contribution in [0.4, 0.5) is 8.78 Å². The highest BCUT2D eigenvalue weighted by molar-refractivity contribution is 5.96. The fourth-order valence-corrected chi connectivity index (χ4v) is 2.84. The minimum atomic E-state index is -2.96. The fourth-order valence-electron chi connectivity index (χ4n) is 2.84. The van der Waals surface area contributed by atoms with Gasteiger partial charge in [0.25, 0.3) is 5.91 Å². The molecule has 1 aliphatic heterocycles. The Morgan fingerprint density at radius 3 is 2.58 bits per heavy atom. The summed E-state index contributed by atoms with van der Waals surface area (Å²) in [6.45, 7) is 4.69. The molecule has 0 radical (unpaired) electrons. The van der Waals surface area contributed by atoms with Crippen molar-refractivity contribution in [1.29, 1.82) is 0 Å². The third-order valence-electron chi connectivity index (χ3n) is 4.10. The van der Waals surface area contributed by atoms with E-state index < -0.39 is 12.5 Å². The van der Waals surface area contributed by atoms with Gasteiger partial charge in [-0.2, -0.15) is 8.78 Å². The first-order valence-electron chi connectivity index (χ1n) is 8.13. The highest BCUT2D eigenvalue weighted by atomic mass is 19.3. The number of hydrogen-bond acceptors (Lipinski definition) is 4. The number of rotatable bonds is 7. The van der Waals surface area contributed by atoms with E-state index in [0.29, 0.717) is 25.7 Å². The number of carbonyl (C=O) groups excluding carboxylic acids is 1. The number of nitrogens with one attached hydrogen (secondary N) is 1. The van der Waals surface area contributed by atoms with Crippen LogP contribution in [-0.4, -0.2) is 56.3 Å². The van der Waals surface area contributed by atoms with Crippen LogP contribution in [0.3, 0.4) is 0 Å². The molecule has 1 saturated heterocycles. The van der Waals surface area contributed by atoms with Crippen LogP contribution in [0.5, 0.6) is 5.75 Å². The Morgan fingerprint density at radius 1 is 1.29 bits per heavy atom. The molecule has 0 saturated carbocycles. The normalized spacial score (nSPS) is 17.1. The van der Waals surface area contributed by atoms with Gasteiger partial charge in [-0.3, -0.25) is 9.69 Å². The molecule has 1 aliphatic rings. The van der Waals surface area contributed by atoms with Crippen molar-refractivity contribution < 1.29 is 23.0 Å². The summed E-state index contributed by atoms with van der Waals surface area (Å²) in [4.78, 5) is 14.7. The van der Waals surface area contributed by atoms with Crippen LogP contribution < -0.4 is 10.1 Å². The van der Waals surface area contributed by atoms with Crippen LogP contribution >= 0.6 is 0 Å². The third kappa shape index (κ3) is 5.14. The molecule has 1 aromatic carbocycles. The van der Waals surface area contributed by atoms with Gasteiger partial charge in [0.1, 0.15) is 5.75 Å². The Labute approximate surface area is 140 Å². The van der Waals surface area contributed by atoms with Crippen LogP contribution in [0.1, 0.15) is 24.2 Å². The standard InChI is InChI=1S/C17H24F2N2O3/c1-12(2)14(21-7-9-23-10-8-21)11-20-16(22)13-5-3-4-6-15(13)24-17(18)19/h3-6,12,14,17H,7-11H2,1-2H3,(H,20,22)/t14-/m0/s1. The molecule has 1 fully saturated rings. The SMILES string of the molecule is CC(C)[C@H](CNC(=O)c1ccccc1OC(F)F)N1CCOCC1. The highest BCUT2D eigenvalue weighted by Crippen LogP contribution is 2.20. The van der Waals surface area contributed by atoms with Gasteiger partial charge in [0.15, 0.2) is 0 Å². The number of morpholine rings is 1. The van der Waals surface area contributed by atoms with Gasteiger partial charge in [-0.1, -0.05) is 26.0 Å². The molecule has 0 unspecified atom stereocenters. The maximum atomic E-state index is 12.5. The van der Waals surface area contributed by atoms with Crippen molar-refractivity contribution in [2.45, 2.75) is 26.5 Å². The van der Waals surface area contributed by atoms with E-state index in [9.17, 15) is 13.6 Å². The molecule has 7 heteroatoms. The summed E-state index contributed by atoms with van der Waals surface area (Å²) in [7, 11) is 0. The Kier molecular flexibility index (Phi) is 6.93. The average molecular weight is 342 g/mol. The van der Waals surface area contributed by atoms with Crippen LogP contribution in [-0.2, 0) is 4.74 Å². The molecule has 0 aliphatic carbocycles. The lowest BCUT2D eigenvalue weighted by Crippen LogP contribution is -2.51. The predicted octanol–water partition coefficient (Wildman–Crippen LogP) is 2.37. The van der Waals surface area contributed by atoms with Crippen LogP contribution in [0.25, 0.3) is 0 Å². The van der Waals surface area contributed by atoms with E-state index in [1.807, 2.05) is 0 Å². The van der Waals surface area contributed by atoms with E-state index in [1.54, 1.807) is 12.1 Å². The quantitative estimate of drug-likeness (QED) is 0.827. The van der Waals surface area contributed by atoms with Crippen LogP contribution in [0.2, 0.25) is 0 Å². The van der Waals surface area contributed by atoms with E-state index in [2.05, 4.69) is 28.8 Å². The molecule has 134 valence electrons. The lowest BCUT2D eigenvalue weighted by atomic mass is 10.0. The molecule has 5 nitrogen and oxygen atoms in total. The maximum absolute atomic E-state index is 12.5. The molecular formula is C17H24F2N2O3. The van der Waals surface area contributed by atoms with Crippen molar-refractivity contribution in [2.24, 2.45) is 5.92 Å². The van der Waals surface area contributed by atoms with Gasteiger partial charge in [0.2, 0.25) is 0 Å². The molecule has 24 heavy (non-hydrogen) atoms. The lowest BCUT2D eigenvalue weighted by molar-refractivity contribution is -0.0501. The highest BCUT2D eigenvalue weighted by Gasteiger charge is 2.25. The maximum Gasteiger partial charge on any atom is 0.387 e. The van der Waals surface area contributed by atoms with Gasteiger partial charge in [0.05, 0.1) is 18.8 Å². The molecular weight excluding hydrogens is 318 g/mol. The molecule has 0 spiro atoms. The van der Waals surface area contributed by atoms with Crippen molar-refractivity contribution in [3.05, 3.63) is 29.8 Å². The second kappa shape index (κ2) is 8.94. The monoisotopic (exact) mass is 342 g/mol. The number of para-hydroxylation sites is 1. The Hall–Kier alpha value is -1.73. The van der Waals surface area contributed by atoms with Crippen LogP contribution in [0, 0.1) is 5.92 Å². The van der Waals surface area contributed by atoms with Crippen molar-refractivity contribution in [3.63, 3.8) is 0 Å². The van der Waals surface area contributed by atoms with Crippen LogP contribution in [0.15, 0.2) is 24.3 Å². The largest absolute Gasteiger partial charge is 0.434 e. The average Bonchev–Trinajstić information content (AvgIpc) is 2.55. The summed E-state index contributed by atoms with van der Waals surface area (Å²) in [6, 6.07) is 6.18. The zero-order valence-electron chi connectivity index (χ0n) is 14.0. The summed E-state index contributed by atoms with van der Waals surface area (Å²) in [5.41, 5.74) is 0.113. The van der Waals surface area contributed by atoms with Gasteiger partial charge in [-0.05, 0) is 18.1 Å². The summed E-state index contributed by atoms with van der Waals surface area (Å²) in [6.07, 6.45) is 0. The van der Waals surface area contributed by atoms with Gasteiger partial charge in [-0.15, -0.1) is 0 Å². The molecule has 1 atom stereocenters. The molecule has 1 heterocycles. The van der Waals surface area contributed by atoms with Gasteiger partial charge >= 0.3 is 6.61 Å². The number of hydrogen-bond donors (Lipinski definition) is 1. The van der Waals surface area contributed by atoms with Crippen molar-refractivity contribution >= 4 is 5.91 Å². The summed E-state index contributed by atoms with van der Waals surface area (Å²) < 4.78 is 34.7. The smallest absolute Gasteiger partial charge is 0.387 e. The predicted molar refractivity (Wildman–Crippen MR) is 86.4 cm³/mol. The van der Waals surface area contributed by atoms with E-state index >= 15 is 0 Å². The number of benzene rings is 1. The molecule has 1 N–H and O–H groups in total. The zero-order valence-corrected chi connectivity index (χ0v) is 14.0. The summed E-state index contributed by atoms with van der Waals surface area (Å²) in [5, 5.41) is 2.85. The topological polar surface area (TPSA) is 50.8 Å². The van der Waals surface area contributed by atoms with Crippen molar-refractivity contribution in [2.75, 3.05) is 32.8 Å². The molecule has 0 aromatic heterocycles. The first kappa shape index (κ1) is 18.6. The Balaban J connectivity index is 2.00. The second-order valence-electron chi connectivity index (χ2n) is 6.04. The van der Waals surface area contributed by atoms with Crippen molar-refractivity contribution in [1.82, 2.24) is 10.2 Å². The van der Waals surface area contributed by atoms with E-state index in [1.165, 1.54) is 12.1 Å². The zero-order chi connectivity index (χ0) is 17.5. The van der Waals surface area contributed by atoms with Gasteiger partial charge in [-0.25, -0.2) is 0 Å². The van der Waals surface area contributed by atoms with Gasteiger partial charge < -0.3 is 14.8 Å². The molecule has 2 rings (SSSR count).